The van der Waals surface area contributed by atoms with Gasteiger partial charge in [0.2, 0.25) is 5.91 Å². The van der Waals surface area contributed by atoms with Crippen LogP contribution in [0, 0.1) is 11.3 Å². The average molecular weight is 341 g/mol. The van der Waals surface area contributed by atoms with Gasteiger partial charge in [-0.15, -0.1) is 10.2 Å². The summed E-state index contributed by atoms with van der Waals surface area (Å²) in [6, 6.07) is 9.08. The number of aromatic nitrogens is 3. The van der Waals surface area contributed by atoms with Gasteiger partial charge in [-0.25, -0.2) is 0 Å². The molecule has 6 nitrogen and oxygen atoms in total. The first-order chi connectivity index (χ1) is 11.7. The summed E-state index contributed by atoms with van der Waals surface area (Å²) in [5.41, 5.74) is 0.997. The third kappa shape index (κ3) is 3.60. The van der Waals surface area contributed by atoms with Gasteiger partial charge in [0, 0.05) is 13.0 Å². The van der Waals surface area contributed by atoms with E-state index in [-0.39, 0.29) is 11.2 Å². The molecule has 2 aromatic rings. The Bertz CT molecular complexity index is 780. The molecular formula is C17H19N5OS. The summed E-state index contributed by atoms with van der Waals surface area (Å²) in [7, 11) is 0. The second kappa shape index (κ2) is 7.49. The van der Waals surface area contributed by atoms with Gasteiger partial charge in [0.05, 0.1) is 16.5 Å². The number of rotatable bonds is 4. The monoisotopic (exact) mass is 341 g/mol. The van der Waals surface area contributed by atoms with Gasteiger partial charge < -0.3 is 9.88 Å². The highest BCUT2D eigenvalue weighted by atomic mass is 32.2. The van der Waals surface area contributed by atoms with E-state index in [9.17, 15) is 4.79 Å². The molecule has 0 spiro atoms. The van der Waals surface area contributed by atoms with E-state index in [1.807, 2.05) is 6.92 Å². The number of aryl methyl sites for hydroxylation is 1. The van der Waals surface area contributed by atoms with Crippen molar-refractivity contribution >= 4 is 23.4 Å². The number of hydrogen-bond donors (Lipinski definition) is 1. The molecule has 3 rings (SSSR count). The second-order valence-electron chi connectivity index (χ2n) is 5.77. The van der Waals surface area contributed by atoms with Crippen molar-refractivity contribution in [1.82, 2.24) is 14.8 Å². The number of thioether (sulfide) groups is 1. The zero-order chi connectivity index (χ0) is 16.9. The van der Waals surface area contributed by atoms with Crippen LogP contribution in [0.5, 0.6) is 0 Å². The van der Waals surface area contributed by atoms with E-state index in [4.69, 9.17) is 5.26 Å². The minimum atomic E-state index is -0.326. The third-order valence-electron chi connectivity index (χ3n) is 4.03. The summed E-state index contributed by atoms with van der Waals surface area (Å²) >= 11 is 1.41. The summed E-state index contributed by atoms with van der Waals surface area (Å²) in [5.74, 6) is 0.867. The Labute approximate surface area is 145 Å². The first-order valence-corrected chi connectivity index (χ1v) is 8.95. The van der Waals surface area contributed by atoms with Crippen LogP contribution in [0.3, 0.4) is 0 Å². The van der Waals surface area contributed by atoms with Crippen molar-refractivity contribution in [3.05, 3.63) is 35.7 Å². The molecule has 0 saturated carbocycles. The number of anilines is 1. The van der Waals surface area contributed by atoms with Crippen molar-refractivity contribution in [1.29, 1.82) is 5.26 Å². The van der Waals surface area contributed by atoms with E-state index in [1.165, 1.54) is 18.2 Å². The molecule has 1 atom stereocenters. The summed E-state index contributed by atoms with van der Waals surface area (Å²) in [6.45, 7) is 2.75. The zero-order valence-corrected chi connectivity index (χ0v) is 14.3. The Morgan fingerprint density at radius 1 is 1.33 bits per heavy atom. The predicted octanol–water partition coefficient (Wildman–Crippen LogP) is 3.00. The maximum Gasteiger partial charge on any atom is 0.237 e. The summed E-state index contributed by atoms with van der Waals surface area (Å²) < 4.78 is 2.13. The van der Waals surface area contributed by atoms with Crippen LogP contribution in [-0.4, -0.2) is 25.9 Å². The largest absolute Gasteiger partial charge is 0.324 e. The molecule has 0 bridgehead atoms. The fourth-order valence-electron chi connectivity index (χ4n) is 2.68. The SMILES string of the molecule is C[C@H](Sc1nnc2n1CCCCC2)C(=O)Nc1ccccc1C#N. The van der Waals surface area contributed by atoms with Gasteiger partial charge in [-0.05, 0) is 31.9 Å². The van der Waals surface area contributed by atoms with Crippen LogP contribution < -0.4 is 5.32 Å². The van der Waals surface area contributed by atoms with Gasteiger partial charge in [0.25, 0.3) is 0 Å². The molecule has 0 fully saturated rings. The molecule has 1 aromatic heterocycles. The Kier molecular flexibility index (Phi) is 5.16. The van der Waals surface area contributed by atoms with Crippen LogP contribution in [0.1, 0.15) is 37.6 Å². The standard InChI is InChI=1S/C17H19N5OS/c1-12(16(23)19-14-8-5-4-7-13(14)11-18)24-17-21-20-15-9-3-2-6-10-22(15)17/h4-5,7-8,12H,2-3,6,9-10H2,1H3,(H,19,23)/t12-/m0/s1. The number of para-hydroxylation sites is 1. The lowest BCUT2D eigenvalue weighted by Gasteiger charge is -2.13. The van der Waals surface area contributed by atoms with Crippen molar-refractivity contribution < 1.29 is 4.79 Å². The van der Waals surface area contributed by atoms with Crippen LogP contribution in [0.15, 0.2) is 29.4 Å². The van der Waals surface area contributed by atoms with Crippen LogP contribution in [0.4, 0.5) is 5.69 Å². The number of hydrogen-bond acceptors (Lipinski definition) is 5. The summed E-state index contributed by atoms with van der Waals surface area (Å²) in [5, 5.41) is 20.9. The van der Waals surface area contributed by atoms with Crippen molar-refractivity contribution in [2.75, 3.05) is 5.32 Å². The van der Waals surface area contributed by atoms with Gasteiger partial charge in [-0.2, -0.15) is 5.26 Å². The number of fused-ring (bicyclic) bond motifs is 1. The van der Waals surface area contributed by atoms with Crippen molar-refractivity contribution in [3.63, 3.8) is 0 Å². The van der Waals surface area contributed by atoms with Gasteiger partial charge >= 0.3 is 0 Å². The Hall–Kier alpha value is -2.33. The molecule has 1 aliphatic rings. The lowest BCUT2D eigenvalue weighted by Crippen LogP contribution is -2.23. The molecule has 124 valence electrons. The van der Waals surface area contributed by atoms with E-state index in [1.54, 1.807) is 24.3 Å². The van der Waals surface area contributed by atoms with Crippen molar-refractivity contribution in [2.24, 2.45) is 0 Å². The lowest BCUT2D eigenvalue weighted by atomic mass is 10.2. The molecule has 0 radical (unpaired) electrons. The topological polar surface area (TPSA) is 83.6 Å². The van der Waals surface area contributed by atoms with Crippen molar-refractivity contribution in [2.45, 2.75) is 49.6 Å². The average Bonchev–Trinajstić information content (AvgIpc) is 2.82. The number of benzene rings is 1. The van der Waals surface area contributed by atoms with E-state index < -0.39 is 0 Å². The highest BCUT2D eigenvalue weighted by molar-refractivity contribution is 8.00. The van der Waals surface area contributed by atoms with E-state index in [0.29, 0.717) is 11.3 Å². The summed E-state index contributed by atoms with van der Waals surface area (Å²) in [4.78, 5) is 12.4. The molecule has 1 aliphatic heterocycles. The number of carbonyl (C=O) groups excluding carboxylic acids is 1. The smallest absolute Gasteiger partial charge is 0.237 e. The third-order valence-corrected chi connectivity index (χ3v) is 5.11. The second-order valence-corrected chi connectivity index (χ2v) is 7.08. The number of nitriles is 1. The maximum atomic E-state index is 12.4. The predicted molar refractivity (Wildman–Crippen MR) is 92.7 cm³/mol. The highest BCUT2D eigenvalue weighted by Gasteiger charge is 2.21. The Morgan fingerprint density at radius 2 is 2.17 bits per heavy atom. The molecule has 0 unspecified atom stereocenters. The lowest BCUT2D eigenvalue weighted by molar-refractivity contribution is -0.115. The quantitative estimate of drug-likeness (QED) is 0.864. The molecule has 1 amide bonds. The molecule has 1 aromatic carbocycles. The number of nitrogens with one attached hydrogen (secondary N) is 1. The highest BCUT2D eigenvalue weighted by Crippen LogP contribution is 2.26. The van der Waals surface area contributed by atoms with Crippen LogP contribution >= 0.6 is 11.8 Å². The minimum Gasteiger partial charge on any atom is -0.324 e. The first-order valence-electron chi connectivity index (χ1n) is 8.08. The Morgan fingerprint density at radius 3 is 3.00 bits per heavy atom. The molecule has 2 heterocycles. The number of nitrogens with zero attached hydrogens (tertiary/aromatic N) is 4. The van der Waals surface area contributed by atoms with Crippen molar-refractivity contribution in [3.8, 4) is 6.07 Å². The number of carbonyl (C=O) groups is 1. The van der Waals surface area contributed by atoms with Crippen LogP contribution in [0.25, 0.3) is 0 Å². The minimum absolute atomic E-state index is 0.145. The normalized spacial score (nSPS) is 15.0. The van der Waals surface area contributed by atoms with Gasteiger partial charge in [0.1, 0.15) is 11.9 Å². The van der Waals surface area contributed by atoms with E-state index in [0.717, 1.165) is 36.8 Å². The van der Waals surface area contributed by atoms with Crippen LogP contribution in [0.2, 0.25) is 0 Å². The maximum absolute atomic E-state index is 12.4. The fraction of sp³-hybridized carbons (Fsp3) is 0.412. The van der Waals surface area contributed by atoms with Crippen LogP contribution in [-0.2, 0) is 17.8 Å². The molecule has 0 saturated heterocycles. The first kappa shape index (κ1) is 16.5. The van der Waals surface area contributed by atoms with E-state index >= 15 is 0 Å². The molecule has 1 N–H and O–H groups in total. The molecule has 0 aliphatic carbocycles. The van der Waals surface area contributed by atoms with Gasteiger partial charge in [-0.1, -0.05) is 30.3 Å². The molecule has 24 heavy (non-hydrogen) atoms. The number of amides is 1. The fourth-order valence-corrected chi connectivity index (χ4v) is 3.58. The zero-order valence-electron chi connectivity index (χ0n) is 13.5. The summed E-state index contributed by atoms with van der Waals surface area (Å²) in [6.07, 6.45) is 4.41. The molecular weight excluding hydrogens is 322 g/mol. The molecule has 7 heteroatoms. The van der Waals surface area contributed by atoms with Gasteiger partial charge in [0.15, 0.2) is 5.16 Å². The Balaban J connectivity index is 1.69. The van der Waals surface area contributed by atoms with Gasteiger partial charge in [-0.3, -0.25) is 4.79 Å². The van der Waals surface area contributed by atoms with E-state index in [2.05, 4.69) is 26.2 Å².